The molecule has 210 valence electrons. The third-order valence-electron chi connectivity index (χ3n) is 6.64. The molecule has 1 saturated heterocycles. The first kappa shape index (κ1) is 27.0. The monoisotopic (exact) mass is 546 g/mol. The molecule has 0 bridgehead atoms. The molecule has 40 heavy (non-hydrogen) atoms. The maximum atomic E-state index is 12.3. The van der Waals surface area contributed by atoms with E-state index in [1.165, 1.54) is 0 Å². The number of nitrogens with zero attached hydrogens (tertiary/aromatic N) is 4. The molecular formula is C28H34N8O4. The van der Waals surface area contributed by atoms with Crippen LogP contribution < -0.4 is 26.6 Å². The van der Waals surface area contributed by atoms with Crippen molar-refractivity contribution in [3.8, 4) is 0 Å². The Bertz CT molecular complexity index is 1560. The SMILES string of the molecule is Cc1cnc(Nc2ccc(N3CCC[C@H](NC(=O)OC(C)(C)C)[C@@H]3C)nc2)nc1Nc1ccc2oc(=O)[nH]c2c1. The zero-order chi connectivity index (χ0) is 28.4. The summed E-state index contributed by atoms with van der Waals surface area (Å²) in [4.78, 5) is 42.3. The van der Waals surface area contributed by atoms with Gasteiger partial charge < -0.3 is 30.0 Å². The fourth-order valence-corrected chi connectivity index (χ4v) is 4.67. The predicted molar refractivity (Wildman–Crippen MR) is 154 cm³/mol. The van der Waals surface area contributed by atoms with Crippen molar-refractivity contribution in [3.05, 3.63) is 58.8 Å². The Morgan fingerprint density at radius 2 is 1.93 bits per heavy atom. The zero-order valence-electron chi connectivity index (χ0n) is 23.2. The molecule has 0 saturated carbocycles. The number of piperidine rings is 1. The molecule has 5 rings (SSSR count). The van der Waals surface area contributed by atoms with Gasteiger partial charge in [-0.15, -0.1) is 0 Å². The lowest BCUT2D eigenvalue weighted by Gasteiger charge is -2.40. The van der Waals surface area contributed by atoms with E-state index in [4.69, 9.17) is 9.15 Å². The highest BCUT2D eigenvalue weighted by Crippen LogP contribution is 2.26. The summed E-state index contributed by atoms with van der Waals surface area (Å²) in [5, 5.41) is 9.50. The number of hydrogen-bond acceptors (Lipinski definition) is 10. The summed E-state index contributed by atoms with van der Waals surface area (Å²) >= 11 is 0. The highest BCUT2D eigenvalue weighted by molar-refractivity contribution is 5.78. The van der Waals surface area contributed by atoms with Crippen LogP contribution in [0, 0.1) is 6.92 Å². The summed E-state index contributed by atoms with van der Waals surface area (Å²) in [7, 11) is 0. The lowest BCUT2D eigenvalue weighted by atomic mass is 9.97. The van der Waals surface area contributed by atoms with E-state index in [9.17, 15) is 9.59 Å². The van der Waals surface area contributed by atoms with Crippen molar-refractivity contribution < 1.29 is 13.9 Å². The average Bonchev–Trinajstić information content (AvgIpc) is 3.26. The molecule has 0 radical (unpaired) electrons. The van der Waals surface area contributed by atoms with Crippen LogP contribution in [0.5, 0.6) is 0 Å². The van der Waals surface area contributed by atoms with Gasteiger partial charge in [-0.1, -0.05) is 0 Å². The first-order valence-electron chi connectivity index (χ1n) is 13.3. The predicted octanol–water partition coefficient (Wildman–Crippen LogP) is 4.98. The number of aromatic amines is 1. The fraction of sp³-hybridized carbons (Fsp3) is 0.393. The number of carbonyl (C=O) groups is 1. The van der Waals surface area contributed by atoms with Crippen LogP contribution >= 0.6 is 0 Å². The third-order valence-corrected chi connectivity index (χ3v) is 6.64. The molecule has 4 N–H and O–H groups in total. The standard InChI is InChI=1S/C28H34N8O4/c1-16-14-30-25(35-24(16)31-18-8-10-22-21(13-18)34-26(37)39-22)32-19-9-11-23(29-15-19)36-12-6-7-20(17(36)2)33-27(38)40-28(3,4)5/h8-11,13-15,17,20H,6-7,12H2,1-5H3,(H,33,38)(H,34,37)(H2,30,31,32,35)/t17-,20-/m0/s1. The highest BCUT2D eigenvalue weighted by atomic mass is 16.6. The lowest BCUT2D eigenvalue weighted by Crippen LogP contribution is -2.55. The summed E-state index contributed by atoms with van der Waals surface area (Å²) in [6, 6.07) is 9.21. The second-order valence-electron chi connectivity index (χ2n) is 10.9. The van der Waals surface area contributed by atoms with Gasteiger partial charge in [0, 0.05) is 30.0 Å². The average molecular weight is 547 g/mol. The minimum Gasteiger partial charge on any atom is -0.444 e. The van der Waals surface area contributed by atoms with Crippen molar-refractivity contribution in [1.29, 1.82) is 0 Å². The number of benzene rings is 1. The smallest absolute Gasteiger partial charge is 0.417 e. The van der Waals surface area contributed by atoms with Crippen LogP contribution in [0.2, 0.25) is 0 Å². The van der Waals surface area contributed by atoms with Gasteiger partial charge in [0.2, 0.25) is 5.95 Å². The summed E-state index contributed by atoms with van der Waals surface area (Å²) in [6.07, 6.45) is 4.88. The van der Waals surface area contributed by atoms with Crippen molar-refractivity contribution in [2.45, 2.75) is 65.1 Å². The molecule has 0 spiro atoms. The maximum Gasteiger partial charge on any atom is 0.417 e. The van der Waals surface area contributed by atoms with E-state index >= 15 is 0 Å². The molecular weight excluding hydrogens is 512 g/mol. The van der Waals surface area contributed by atoms with Crippen LogP contribution in [0.25, 0.3) is 11.1 Å². The third kappa shape index (κ3) is 6.33. The van der Waals surface area contributed by atoms with Gasteiger partial charge in [-0.3, -0.25) is 4.98 Å². The summed E-state index contributed by atoms with van der Waals surface area (Å²) < 4.78 is 10.5. The Labute approximate surface area is 231 Å². The molecule has 12 nitrogen and oxygen atoms in total. The van der Waals surface area contributed by atoms with Crippen LogP contribution in [0.1, 0.15) is 46.1 Å². The molecule has 1 aromatic carbocycles. The van der Waals surface area contributed by atoms with Gasteiger partial charge in [0.15, 0.2) is 5.58 Å². The molecule has 4 aromatic rings. The van der Waals surface area contributed by atoms with E-state index in [-0.39, 0.29) is 12.1 Å². The minimum absolute atomic E-state index is 0.0375. The molecule has 1 aliphatic rings. The Hall–Kier alpha value is -4.61. The molecule has 3 aromatic heterocycles. The van der Waals surface area contributed by atoms with E-state index in [1.54, 1.807) is 24.5 Å². The van der Waals surface area contributed by atoms with Crippen molar-refractivity contribution in [3.63, 3.8) is 0 Å². The van der Waals surface area contributed by atoms with Gasteiger partial charge >= 0.3 is 11.8 Å². The number of fused-ring (bicyclic) bond motifs is 1. The van der Waals surface area contributed by atoms with Crippen molar-refractivity contribution in [2.75, 3.05) is 22.1 Å². The van der Waals surface area contributed by atoms with Crippen LogP contribution in [-0.2, 0) is 4.74 Å². The summed E-state index contributed by atoms with van der Waals surface area (Å²) in [6.45, 7) is 10.4. The molecule has 2 atom stereocenters. The number of pyridine rings is 1. The van der Waals surface area contributed by atoms with E-state index in [0.29, 0.717) is 22.9 Å². The Kier molecular flexibility index (Phi) is 7.33. The molecule has 0 unspecified atom stereocenters. The van der Waals surface area contributed by atoms with E-state index < -0.39 is 17.5 Å². The first-order valence-corrected chi connectivity index (χ1v) is 13.3. The van der Waals surface area contributed by atoms with Gasteiger partial charge in [-0.25, -0.2) is 19.6 Å². The summed E-state index contributed by atoms with van der Waals surface area (Å²) in [5.41, 5.74) is 2.89. The van der Waals surface area contributed by atoms with E-state index in [2.05, 4.69) is 47.7 Å². The number of anilines is 5. The van der Waals surface area contributed by atoms with Gasteiger partial charge in [-0.2, -0.15) is 4.98 Å². The van der Waals surface area contributed by atoms with Gasteiger partial charge in [0.05, 0.1) is 23.4 Å². The molecule has 4 heterocycles. The van der Waals surface area contributed by atoms with E-state index in [1.807, 2.05) is 45.9 Å². The highest BCUT2D eigenvalue weighted by Gasteiger charge is 2.31. The zero-order valence-corrected chi connectivity index (χ0v) is 23.2. The van der Waals surface area contributed by atoms with Crippen LogP contribution in [0.3, 0.4) is 0 Å². The topological polar surface area (TPSA) is 150 Å². The van der Waals surface area contributed by atoms with Gasteiger partial charge in [-0.05, 0) is 77.8 Å². The number of hydrogen-bond donors (Lipinski definition) is 4. The molecule has 12 heteroatoms. The van der Waals surface area contributed by atoms with E-state index in [0.717, 1.165) is 42.1 Å². The molecule has 1 aliphatic heterocycles. The molecule has 0 aliphatic carbocycles. The number of aryl methyl sites for hydroxylation is 1. The van der Waals surface area contributed by atoms with Crippen molar-refractivity contribution >= 4 is 46.2 Å². The number of carbonyl (C=O) groups excluding carboxylic acids is 1. The number of alkyl carbamates (subject to hydrolysis) is 1. The number of aromatic nitrogens is 4. The van der Waals surface area contributed by atoms with Gasteiger partial charge in [0.25, 0.3) is 0 Å². The number of H-pyrrole nitrogens is 1. The van der Waals surface area contributed by atoms with Crippen LogP contribution in [0.4, 0.5) is 33.8 Å². The Morgan fingerprint density at radius 3 is 2.67 bits per heavy atom. The first-order chi connectivity index (χ1) is 19.0. The number of rotatable bonds is 6. The van der Waals surface area contributed by atoms with Crippen molar-refractivity contribution in [1.82, 2.24) is 25.3 Å². The van der Waals surface area contributed by atoms with Crippen LogP contribution in [-0.4, -0.2) is 50.3 Å². The van der Waals surface area contributed by atoms with Crippen LogP contribution in [0.15, 0.2) is 51.9 Å². The normalized spacial score (nSPS) is 17.5. The number of amides is 1. The molecule has 1 fully saturated rings. The number of oxazole rings is 1. The maximum absolute atomic E-state index is 12.3. The second kappa shape index (κ2) is 10.9. The molecule has 1 amide bonds. The minimum atomic E-state index is -0.542. The number of nitrogens with one attached hydrogen (secondary N) is 4. The Balaban J connectivity index is 1.24. The van der Waals surface area contributed by atoms with Crippen molar-refractivity contribution in [2.24, 2.45) is 0 Å². The van der Waals surface area contributed by atoms with Gasteiger partial charge in [0.1, 0.15) is 17.2 Å². The fourth-order valence-electron chi connectivity index (χ4n) is 4.67. The number of ether oxygens (including phenoxy) is 1. The Morgan fingerprint density at radius 1 is 1.12 bits per heavy atom. The summed E-state index contributed by atoms with van der Waals surface area (Å²) in [5.74, 6) is 1.36. The quantitative estimate of drug-likeness (QED) is 0.261. The second-order valence-corrected chi connectivity index (χ2v) is 10.9. The largest absolute Gasteiger partial charge is 0.444 e. The lowest BCUT2D eigenvalue weighted by molar-refractivity contribution is 0.0489.